The van der Waals surface area contributed by atoms with E-state index in [1.807, 2.05) is 4.90 Å². The molecule has 0 spiro atoms. The van der Waals surface area contributed by atoms with Crippen LogP contribution in [0.25, 0.3) is 0 Å². The minimum Gasteiger partial charge on any atom is -0.859 e. The van der Waals surface area contributed by atoms with Crippen molar-refractivity contribution in [3.63, 3.8) is 0 Å². The van der Waals surface area contributed by atoms with Crippen molar-refractivity contribution in [2.75, 3.05) is 26.7 Å². The van der Waals surface area contributed by atoms with E-state index in [2.05, 4.69) is 13.8 Å². The maximum Gasteiger partial charge on any atom is 1.00 e. The quantitative estimate of drug-likeness (QED) is 0.472. The second-order valence-electron chi connectivity index (χ2n) is 4.82. The predicted molar refractivity (Wildman–Crippen MR) is 72.1 cm³/mol. The molecule has 5 nitrogen and oxygen atoms in total. The Morgan fingerprint density at radius 1 is 1.30 bits per heavy atom. The van der Waals surface area contributed by atoms with E-state index in [-0.39, 0.29) is 24.7 Å². The molecule has 1 saturated heterocycles. The Balaban J connectivity index is 0.00000361. The number of likely N-dealkylation sites (tertiary alicyclic amines) is 1. The van der Waals surface area contributed by atoms with Gasteiger partial charge in [0, 0.05) is 25.3 Å². The molecule has 0 unspecified atom stereocenters. The van der Waals surface area contributed by atoms with Crippen LogP contribution in [-0.2, 0) is 4.74 Å². The molecule has 0 bridgehead atoms. The van der Waals surface area contributed by atoms with Crippen LogP contribution in [0.1, 0.15) is 46.0 Å². The molecule has 0 radical (unpaired) electrons. The number of amides is 1. The summed E-state index contributed by atoms with van der Waals surface area (Å²) in [5.41, 5.74) is 0.597. The topological polar surface area (TPSA) is 55.8 Å². The van der Waals surface area contributed by atoms with E-state index < -0.39 is 6.09 Å². The van der Waals surface area contributed by atoms with Gasteiger partial charge in [-0.25, -0.2) is 4.79 Å². The largest absolute Gasteiger partial charge is 1.00 e. The first-order valence-electron chi connectivity index (χ1n) is 7.16. The average Bonchev–Trinajstić information content (AvgIpc) is 2.45. The van der Waals surface area contributed by atoms with Crippen molar-refractivity contribution in [1.29, 1.82) is 0 Å². The van der Waals surface area contributed by atoms with Gasteiger partial charge in [-0.05, 0) is 38.0 Å². The van der Waals surface area contributed by atoms with Crippen LogP contribution in [0.3, 0.4) is 0 Å². The molecule has 1 aliphatic heterocycles. The van der Waals surface area contributed by atoms with E-state index in [1.165, 1.54) is 12.0 Å². The molecule has 0 aromatic carbocycles. The summed E-state index contributed by atoms with van der Waals surface area (Å²) in [5, 5.41) is 12.5. The molecule has 0 N–H and O–H groups in total. The van der Waals surface area contributed by atoms with E-state index in [4.69, 9.17) is 4.74 Å². The van der Waals surface area contributed by atoms with Crippen molar-refractivity contribution in [2.45, 2.75) is 46.0 Å². The summed E-state index contributed by atoms with van der Waals surface area (Å²) in [4.78, 5) is 15.1. The molecule has 0 aromatic heterocycles. The number of methoxy groups -OCH3 is 1. The van der Waals surface area contributed by atoms with E-state index in [1.54, 1.807) is 0 Å². The Kier molecular flexibility index (Phi) is 9.61. The molecular formula is C14H25LiN2O3. The van der Waals surface area contributed by atoms with Gasteiger partial charge in [0.15, 0.2) is 0 Å². The van der Waals surface area contributed by atoms with Crippen molar-refractivity contribution in [1.82, 2.24) is 9.80 Å². The number of ether oxygens (including phenoxy) is 1. The predicted octanol–water partition coefficient (Wildman–Crippen LogP) is -1.11. The number of hydrogen-bond acceptors (Lipinski definition) is 4. The van der Waals surface area contributed by atoms with Gasteiger partial charge < -0.3 is 14.7 Å². The summed E-state index contributed by atoms with van der Waals surface area (Å²) < 4.78 is 4.77. The summed E-state index contributed by atoms with van der Waals surface area (Å²) in [5.74, 6) is -0.00574. The maximum atomic E-state index is 12.5. The second-order valence-corrected chi connectivity index (χ2v) is 4.82. The molecule has 0 atom stereocenters. The fraction of sp³-hybridized carbons (Fsp3) is 0.786. The van der Waals surface area contributed by atoms with Crippen LogP contribution < -0.4 is 24.0 Å². The van der Waals surface area contributed by atoms with Crippen LogP contribution in [0.15, 0.2) is 11.6 Å². The Morgan fingerprint density at radius 3 is 2.40 bits per heavy atom. The first-order chi connectivity index (χ1) is 9.15. The van der Waals surface area contributed by atoms with Crippen LogP contribution >= 0.6 is 0 Å². The molecule has 1 heterocycles. The van der Waals surface area contributed by atoms with Crippen LogP contribution in [-0.4, -0.2) is 42.6 Å². The van der Waals surface area contributed by atoms with Crippen LogP contribution in [0, 0.1) is 0 Å². The number of hydrogen-bond donors (Lipinski definition) is 0. The summed E-state index contributed by atoms with van der Waals surface area (Å²) in [6.07, 6.45) is 3.98. The van der Waals surface area contributed by atoms with Gasteiger partial charge in [0.05, 0.1) is 7.11 Å². The number of carbonyl (C=O) groups excluding carboxylic acids is 1. The molecule has 1 aliphatic rings. The molecule has 0 aliphatic carbocycles. The van der Waals surface area contributed by atoms with Crippen molar-refractivity contribution in [3.8, 4) is 0 Å². The number of allylic oxidation sites excluding steroid dienone is 1. The minimum absolute atomic E-state index is 0. The molecule has 1 fully saturated rings. The zero-order valence-electron chi connectivity index (χ0n) is 13.3. The zero-order valence-corrected chi connectivity index (χ0v) is 13.3. The molecule has 0 saturated carbocycles. The van der Waals surface area contributed by atoms with Crippen LogP contribution in [0.4, 0.5) is 4.79 Å². The van der Waals surface area contributed by atoms with E-state index in [9.17, 15) is 9.90 Å². The standard InChI is InChI=1S/C14H26N2O3.Li/c1-4-9-15(10-5-2)13(17)12-8-6-7-11-16(12)14(18)19-3;/h17H,4-11H2,1-3H3;/q;+1/p-1/b13-12-;. The Morgan fingerprint density at radius 2 is 1.90 bits per heavy atom. The fourth-order valence-corrected chi connectivity index (χ4v) is 2.40. The number of nitrogens with zero attached hydrogens (tertiary/aromatic N) is 2. The first-order valence-corrected chi connectivity index (χ1v) is 7.16. The number of carbonyl (C=O) groups is 1. The number of rotatable bonds is 5. The van der Waals surface area contributed by atoms with Gasteiger partial charge in [-0.3, -0.25) is 4.90 Å². The zero-order chi connectivity index (χ0) is 14.3. The van der Waals surface area contributed by atoms with E-state index >= 15 is 0 Å². The third-order valence-corrected chi connectivity index (χ3v) is 3.29. The van der Waals surface area contributed by atoms with E-state index in [0.29, 0.717) is 18.7 Å². The van der Waals surface area contributed by atoms with Crippen molar-refractivity contribution in [3.05, 3.63) is 11.6 Å². The third kappa shape index (κ3) is 4.95. The third-order valence-electron chi connectivity index (χ3n) is 3.29. The summed E-state index contributed by atoms with van der Waals surface area (Å²) in [6.45, 7) is 6.18. The number of piperidine rings is 1. The van der Waals surface area contributed by atoms with Gasteiger partial charge >= 0.3 is 25.0 Å². The monoisotopic (exact) mass is 276 g/mol. The molecular weight excluding hydrogens is 251 g/mol. The fourth-order valence-electron chi connectivity index (χ4n) is 2.40. The second kappa shape index (κ2) is 10.0. The normalized spacial score (nSPS) is 17.2. The molecule has 0 aromatic rings. The molecule has 6 heteroatoms. The van der Waals surface area contributed by atoms with Gasteiger partial charge in [0.25, 0.3) is 0 Å². The van der Waals surface area contributed by atoms with E-state index in [0.717, 1.165) is 38.8 Å². The molecule has 110 valence electrons. The van der Waals surface area contributed by atoms with Crippen molar-refractivity contribution >= 4 is 6.09 Å². The summed E-state index contributed by atoms with van der Waals surface area (Å²) >= 11 is 0. The Hall–Kier alpha value is -0.793. The van der Waals surface area contributed by atoms with Gasteiger partial charge in [-0.1, -0.05) is 13.8 Å². The molecule has 1 rings (SSSR count). The average molecular weight is 276 g/mol. The SMILES string of the molecule is CCCN(CCC)/C([O-])=C1\CCCCN1C(=O)OC.[Li+]. The van der Waals surface area contributed by atoms with Crippen molar-refractivity contribution in [2.24, 2.45) is 0 Å². The Labute approximate surface area is 134 Å². The van der Waals surface area contributed by atoms with Crippen LogP contribution in [0.2, 0.25) is 0 Å². The minimum atomic E-state index is -0.420. The molecule has 20 heavy (non-hydrogen) atoms. The van der Waals surface area contributed by atoms with Crippen LogP contribution in [0.5, 0.6) is 0 Å². The van der Waals surface area contributed by atoms with Gasteiger partial charge in [-0.2, -0.15) is 0 Å². The molecule has 1 amide bonds. The first kappa shape index (κ1) is 19.2. The van der Waals surface area contributed by atoms with Crippen molar-refractivity contribution < 1.29 is 33.5 Å². The van der Waals surface area contributed by atoms with Gasteiger partial charge in [-0.15, -0.1) is 0 Å². The smallest absolute Gasteiger partial charge is 0.859 e. The van der Waals surface area contributed by atoms with Gasteiger partial charge in [0.1, 0.15) is 0 Å². The summed E-state index contributed by atoms with van der Waals surface area (Å²) in [6, 6.07) is 0. The Bertz CT molecular complexity index is 328. The maximum absolute atomic E-state index is 12.5. The summed E-state index contributed by atoms with van der Waals surface area (Å²) in [7, 11) is 1.36. The van der Waals surface area contributed by atoms with Gasteiger partial charge in [0.2, 0.25) is 0 Å².